The Kier molecular flexibility index (Phi) is 10.2. The summed E-state index contributed by atoms with van der Waals surface area (Å²) in [5.74, 6) is -0.857. The molecule has 0 aromatic heterocycles. The van der Waals surface area contributed by atoms with E-state index >= 15 is 0 Å². The monoisotopic (exact) mass is 634 g/mol. The van der Waals surface area contributed by atoms with Crippen LogP contribution in [0.3, 0.4) is 0 Å². The van der Waals surface area contributed by atoms with Gasteiger partial charge in [-0.2, -0.15) is 0 Å². The van der Waals surface area contributed by atoms with Crippen molar-refractivity contribution in [2.45, 2.75) is 76.1 Å². The number of carbonyl (C=O) groups excluding carboxylic acids is 1. The molecule has 5 atom stereocenters. The number of benzene rings is 4. The molecule has 2 aliphatic heterocycles. The molecule has 47 heavy (non-hydrogen) atoms. The van der Waals surface area contributed by atoms with E-state index in [1.807, 2.05) is 105 Å². The summed E-state index contributed by atoms with van der Waals surface area (Å²) in [6.45, 7) is 9.76. The summed E-state index contributed by atoms with van der Waals surface area (Å²) in [6.07, 6.45) is -1.98. The fraction of sp³-hybridized carbons (Fsp3) is 0.375. The minimum atomic E-state index is -0.919. The fourth-order valence-electron chi connectivity index (χ4n) is 6.99. The number of fused-ring (bicyclic) bond motifs is 1. The minimum absolute atomic E-state index is 0.0169. The third kappa shape index (κ3) is 6.91. The van der Waals surface area contributed by atoms with Gasteiger partial charge in [0.15, 0.2) is 5.79 Å². The molecule has 6 rings (SSSR count). The molecule has 2 fully saturated rings. The summed E-state index contributed by atoms with van der Waals surface area (Å²) < 4.78 is 27.1. The summed E-state index contributed by atoms with van der Waals surface area (Å²) in [7, 11) is 0. The van der Waals surface area contributed by atoms with Crippen LogP contribution in [0.15, 0.2) is 121 Å². The molecule has 4 aromatic carbocycles. The van der Waals surface area contributed by atoms with Gasteiger partial charge in [-0.3, -0.25) is 10.1 Å². The fourth-order valence-corrected chi connectivity index (χ4v) is 6.99. The third-order valence-corrected chi connectivity index (χ3v) is 9.23. The highest BCUT2D eigenvalue weighted by molar-refractivity contribution is 5.82. The molecule has 0 spiro atoms. The zero-order chi connectivity index (χ0) is 32.9. The van der Waals surface area contributed by atoms with E-state index in [2.05, 4.69) is 53.8 Å². The first-order chi connectivity index (χ1) is 22.9. The highest BCUT2D eigenvalue weighted by Crippen LogP contribution is 2.44. The second-order valence-corrected chi connectivity index (χ2v) is 12.6. The van der Waals surface area contributed by atoms with E-state index in [0.717, 1.165) is 22.3 Å². The van der Waals surface area contributed by atoms with Crippen LogP contribution in [0.4, 0.5) is 0 Å². The first kappa shape index (κ1) is 33.1. The number of nitrogens with zero attached hydrogens (tertiary/aromatic N) is 1. The second kappa shape index (κ2) is 14.5. The Bertz CT molecular complexity index is 1470. The molecule has 2 heterocycles. The van der Waals surface area contributed by atoms with Crippen molar-refractivity contribution in [2.75, 3.05) is 19.7 Å². The predicted molar refractivity (Wildman–Crippen MR) is 183 cm³/mol. The maximum Gasteiger partial charge on any atom is 0.242 e. The zero-order valence-electron chi connectivity index (χ0n) is 27.8. The molecule has 0 radical (unpaired) electrons. The average Bonchev–Trinajstić information content (AvgIpc) is 3.60. The van der Waals surface area contributed by atoms with Gasteiger partial charge >= 0.3 is 0 Å². The lowest BCUT2D eigenvalue weighted by atomic mass is 9.80. The van der Waals surface area contributed by atoms with Gasteiger partial charge in [0.2, 0.25) is 5.91 Å². The lowest BCUT2D eigenvalue weighted by Crippen LogP contribution is -2.56. The van der Waals surface area contributed by atoms with Crippen molar-refractivity contribution >= 4 is 5.91 Å². The Hall–Kier alpha value is -3.85. The standard InChI is InChI=1S/C40H46N2O5/c1-5-42(6-2)38(43)34(41-27-29-19-11-7-12-20-29)36-37-35(46-39(3,4)47-37)33(45-36)28-44-40(30-21-13-8-14-22-30,31-23-15-9-16-24-31)32-25-17-10-18-26-32/h7-26,33-37,41H,5-6,27-28H2,1-4H3/t33-,34+,35+,36-,37+/m0/s1. The molecular weight excluding hydrogens is 588 g/mol. The number of hydrogen-bond donors (Lipinski definition) is 1. The quantitative estimate of drug-likeness (QED) is 0.174. The van der Waals surface area contributed by atoms with Crippen LogP contribution in [0, 0.1) is 0 Å². The average molecular weight is 635 g/mol. The zero-order valence-corrected chi connectivity index (χ0v) is 27.8. The molecule has 7 heteroatoms. The number of rotatable bonds is 13. The molecule has 1 N–H and O–H groups in total. The lowest BCUT2D eigenvalue weighted by Gasteiger charge is -2.37. The number of ether oxygens (including phenoxy) is 4. The van der Waals surface area contributed by atoms with E-state index < -0.39 is 41.8 Å². The first-order valence-corrected chi connectivity index (χ1v) is 16.7. The Morgan fingerprint density at radius 2 is 1.23 bits per heavy atom. The number of hydrogen-bond acceptors (Lipinski definition) is 6. The number of nitrogens with one attached hydrogen (secondary N) is 1. The molecule has 0 unspecified atom stereocenters. The van der Waals surface area contributed by atoms with Crippen LogP contribution in [0.5, 0.6) is 0 Å². The molecule has 4 aromatic rings. The highest BCUT2D eigenvalue weighted by atomic mass is 16.8. The van der Waals surface area contributed by atoms with Gasteiger partial charge in [0.05, 0.1) is 6.61 Å². The molecular formula is C40H46N2O5. The van der Waals surface area contributed by atoms with Crippen LogP contribution in [-0.2, 0) is 35.9 Å². The van der Waals surface area contributed by atoms with Crippen LogP contribution in [-0.4, -0.2) is 66.7 Å². The summed E-state index contributed by atoms with van der Waals surface area (Å²) in [5, 5.41) is 3.54. The third-order valence-electron chi connectivity index (χ3n) is 9.23. The van der Waals surface area contributed by atoms with Crippen molar-refractivity contribution in [1.82, 2.24) is 10.2 Å². The van der Waals surface area contributed by atoms with Crippen LogP contribution in [0.1, 0.15) is 49.9 Å². The van der Waals surface area contributed by atoms with Crippen molar-refractivity contribution < 1.29 is 23.7 Å². The molecule has 0 saturated carbocycles. The van der Waals surface area contributed by atoms with Gasteiger partial charge in [-0.15, -0.1) is 0 Å². The van der Waals surface area contributed by atoms with Crippen molar-refractivity contribution in [2.24, 2.45) is 0 Å². The first-order valence-electron chi connectivity index (χ1n) is 16.7. The smallest absolute Gasteiger partial charge is 0.242 e. The Morgan fingerprint density at radius 1 is 0.766 bits per heavy atom. The topological polar surface area (TPSA) is 69.3 Å². The van der Waals surface area contributed by atoms with E-state index in [1.54, 1.807) is 0 Å². The van der Waals surface area contributed by atoms with Crippen LogP contribution in [0.25, 0.3) is 0 Å². The normalized spacial score (nSPS) is 22.5. The highest BCUT2D eigenvalue weighted by Gasteiger charge is 2.58. The molecule has 7 nitrogen and oxygen atoms in total. The molecule has 2 aliphatic rings. The second-order valence-electron chi connectivity index (χ2n) is 12.6. The van der Waals surface area contributed by atoms with E-state index in [4.69, 9.17) is 18.9 Å². The van der Waals surface area contributed by atoms with Gasteiger partial charge < -0.3 is 23.8 Å². The van der Waals surface area contributed by atoms with Crippen molar-refractivity contribution in [3.05, 3.63) is 144 Å². The van der Waals surface area contributed by atoms with Gasteiger partial charge in [-0.1, -0.05) is 121 Å². The van der Waals surface area contributed by atoms with Gasteiger partial charge in [0.1, 0.15) is 36.1 Å². The number of likely N-dealkylation sites (N-methyl/N-ethyl adjacent to an activating group) is 1. The minimum Gasteiger partial charge on any atom is -0.365 e. The van der Waals surface area contributed by atoms with Crippen molar-refractivity contribution in [3.63, 3.8) is 0 Å². The van der Waals surface area contributed by atoms with Gasteiger partial charge in [0.25, 0.3) is 0 Å². The Balaban J connectivity index is 1.35. The summed E-state index contributed by atoms with van der Waals surface area (Å²) in [4.78, 5) is 15.9. The van der Waals surface area contributed by atoms with Crippen LogP contribution >= 0.6 is 0 Å². The van der Waals surface area contributed by atoms with E-state index in [-0.39, 0.29) is 12.5 Å². The summed E-state index contributed by atoms with van der Waals surface area (Å²) in [5.41, 5.74) is 3.18. The van der Waals surface area contributed by atoms with Gasteiger partial charge in [0, 0.05) is 19.6 Å². The van der Waals surface area contributed by atoms with Crippen molar-refractivity contribution in [3.8, 4) is 0 Å². The maximum atomic E-state index is 14.1. The Labute approximate surface area is 278 Å². The predicted octanol–water partition coefficient (Wildman–Crippen LogP) is 6.31. The Morgan fingerprint density at radius 3 is 1.72 bits per heavy atom. The van der Waals surface area contributed by atoms with Crippen molar-refractivity contribution in [1.29, 1.82) is 0 Å². The van der Waals surface area contributed by atoms with Crippen LogP contribution < -0.4 is 5.32 Å². The maximum absolute atomic E-state index is 14.1. The molecule has 246 valence electrons. The summed E-state index contributed by atoms with van der Waals surface area (Å²) >= 11 is 0. The van der Waals surface area contributed by atoms with Gasteiger partial charge in [-0.25, -0.2) is 0 Å². The lowest BCUT2D eigenvalue weighted by molar-refractivity contribution is -0.199. The van der Waals surface area contributed by atoms with Crippen LogP contribution in [0.2, 0.25) is 0 Å². The molecule has 1 amide bonds. The molecule has 0 aliphatic carbocycles. The number of carbonyl (C=O) groups is 1. The molecule has 0 bridgehead atoms. The SMILES string of the molecule is CCN(CC)C(=O)[C@H](NCc1ccccc1)[C@@H]1O[C@@H](COC(c2ccccc2)(c2ccccc2)c2ccccc2)[C@H]2OC(C)(C)O[C@@H]12. The number of amides is 1. The summed E-state index contributed by atoms with van der Waals surface area (Å²) in [6, 6.07) is 40.3. The van der Waals surface area contributed by atoms with E-state index in [9.17, 15) is 4.79 Å². The van der Waals surface area contributed by atoms with E-state index in [1.165, 1.54) is 0 Å². The van der Waals surface area contributed by atoms with Gasteiger partial charge in [-0.05, 0) is 49.9 Å². The largest absolute Gasteiger partial charge is 0.365 e. The molecule has 2 saturated heterocycles. The van der Waals surface area contributed by atoms with E-state index in [0.29, 0.717) is 19.6 Å².